The highest BCUT2D eigenvalue weighted by Crippen LogP contribution is 2.35. The van der Waals surface area contributed by atoms with Gasteiger partial charge in [0.05, 0.1) is 4.83 Å². The maximum Gasteiger partial charge on any atom is 0.169 e. The fourth-order valence-electron chi connectivity index (χ4n) is 2.38. The molecule has 1 atom stereocenters. The first-order valence-electron chi connectivity index (χ1n) is 5.75. The van der Waals surface area contributed by atoms with Crippen molar-refractivity contribution in [3.05, 3.63) is 57.5 Å². The first-order chi connectivity index (χ1) is 8.24. The molecule has 88 valence electrons. The predicted molar refractivity (Wildman–Crippen MR) is 75.6 cm³/mol. The van der Waals surface area contributed by atoms with E-state index in [-0.39, 0.29) is 4.83 Å². The third-order valence-electron chi connectivity index (χ3n) is 3.26. The van der Waals surface area contributed by atoms with Crippen LogP contribution in [-0.2, 0) is 12.8 Å². The summed E-state index contributed by atoms with van der Waals surface area (Å²) in [6.45, 7) is 0. The van der Waals surface area contributed by atoms with Crippen LogP contribution >= 0.6 is 31.9 Å². The SMILES string of the molecule is Brc1ccc(C(Br)c2ccc3c(c2)CCC3)o1. The van der Waals surface area contributed by atoms with Gasteiger partial charge in [-0.2, -0.15) is 0 Å². The molecule has 1 aliphatic rings. The van der Waals surface area contributed by atoms with Crippen molar-refractivity contribution in [1.82, 2.24) is 0 Å². The number of furan rings is 1. The standard InChI is InChI=1S/C14H12Br2O/c15-13-7-6-12(17-13)14(16)11-5-4-9-2-1-3-10(9)8-11/h4-8,14H,1-3H2. The molecular formula is C14H12Br2O. The molecule has 1 aromatic carbocycles. The van der Waals surface area contributed by atoms with Crippen LogP contribution in [0.25, 0.3) is 0 Å². The average molecular weight is 356 g/mol. The van der Waals surface area contributed by atoms with E-state index < -0.39 is 0 Å². The summed E-state index contributed by atoms with van der Waals surface area (Å²) in [6.07, 6.45) is 3.73. The Labute approximate surface area is 117 Å². The highest BCUT2D eigenvalue weighted by atomic mass is 79.9. The summed E-state index contributed by atoms with van der Waals surface area (Å²) in [4.78, 5) is 0.139. The molecule has 0 aliphatic heterocycles. The summed E-state index contributed by atoms with van der Waals surface area (Å²) in [5.74, 6) is 0.940. The molecule has 17 heavy (non-hydrogen) atoms. The van der Waals surface area contributed by atoms with Crippen LogP contribution in [0.15, 0.2) is 39.4 Å². The van der Waals surface area contributed by atoms with Gasteiger partial charge in [0.15, 0.2) is 4.67 Å². The monoisotopic (exact) mass is 354 g/mol. The second-order valence-electron chi connectivity index (χ2n) is 4.39. The van der Waals surface area contributed by atoms with Gasteiger partial charge in [-0.25, -0.2) is 0 Å². The van der Waals surface area contributed by atoms with Gasteiger partial charge in [-0.3, -0.25) is 0 Å². The molecule has 1 aromatic heterocycles. The lowest BCUT2D eigenvalue weighted by Crippen LogP contribution is -1.93. The number of aryl methyl sites for hydroxylation is 2. The number of rotatable bonds is 2. The molecular weight excluding hydrogens is 344 g/mol. The Morgan fingerprint density at radius 1 is 1.06 bits per heavy atom. The number of hydrogen-bond donors (Lipinski definition) is 0. The molecule has 2 aromatic rings. The second-order valence-corrected chi connectivity index (χ2v) is 6.08. The Morgan fingerprint density at radius 3 is 2.65 bits per heavy atom. The van der Waals surface area contributed by atoms with E-state index in [0.717, 1.165) is 10.4 Å². The molecule has 1 nitrogen and oxygen atoms in total. The van der Waals surface area contributed by atoms with Crippen LogP contribution in [-0.4, -0.2) is 0 Å². The van der Waals surface area contributed by atoms with Gasteiger partial charge < -0.3 is 4.42 Å². The van der Waals surface area contributed by atoms with E-state index in [1.807, 2.05) is 12.1 Å². The Hall–Kier alpha value is -0.540. The van der Waals surface area contributed by atoms with Crippen LogP contribution in [0, 0.1) is 0 Å². The van der Waals surface area contributed by atoms with Gasteiger partial charge in [0.25, 0.3) is 0 Å². The lowest BCUT2D eigenvalue weighted by atomic mass is 10.0. The smallest absolute Gasteiger partial charge is 0.169 e. The van der Waals surface area contributed by atoms with Gasteiger partial charge in [-0.05, 0) is 64.0 Å². The lowest BCUT2D eigenvalue weighted by molar-refractivity contribution is 0.497. The van der Waals surface area contributed by atoms with Crippen LogP contribution in [0.5, 0.6) is 0 Å². The van der Waals surface area contributed by atoms with Crippen LogP contribution < -0.4 is 0 Å². The molecule has 0 spiro atoms. The lowest BCUT2D eigenvalue weighted by Gasteiger charge is -2.09. The van der Waals surface area contributed by atoms with Crippen molar-refractivity contribution < 1.29 is 4.42 Å². The third-order valence-corrected chi connectivity index (χ3v) is 4.67. The molecule has 0 radical (unpaired) electrons. The first kappa shape index (κ1) is 11.5. The molecule has 0 saturated carbocycles. The molecule has 3 heteroatoms. The normalized spacial score (nSPS) is 15.9. The van der Waals surface area contributed by atoms with Crippen molar-refractivity contribution >= 4 is 31.9 Å². The van der Waals surface area contributed by atoms with Crippen molar-refractivity contribution in [2.45, 2.75) is 24.1 Å². The zero-order chi connectivity index (χ0) is 11.8. The molecule has 1 unspecified atom stereocenters. The van der Waals surface area contributed by atoms with Gasteiger partial charge in [0.1, 0.15) is 5.76 Å². The van der Waals surface area contributed by atoms with E-state index in [1.54, 1.807) is 0 Å². The molecule has 0 saturated heterocycles. The minimum absolute atomic E-state index is 0.139. The van der Waals surface area contributed by atoms with Crippen LogP contribution in [0.1, 0.15) is 33.7 Å². The van der Waals surface area contributed by atoms with Crippen molar-refractivity contribution in [1.29, 1.82) is 0 Å². The molecule has 1 heterocycles. The molecule has 1 aliphatic carbocycles. The molecule has 0 N–H and O–H groups in total. The highest BCUT2D eigenvalue weighted by Gasteiger charge is 2.17. The van der Waals surface area contributed by atoms with Crippen LogP contribution in [0.2, 0.25) is 0 Å². The second kappa shape index (κ2) is 4.62. The molecule has 3 rings (SSSR count). The minimum Gasteiger partial charge on any atom is -0.453 e. The zero-order valence-corrected chi connectivity index (χ0v) is 12.4. The highest BCUT2D eigenvalue weighted by molar-refractivity contribution is 9.10. The fourth-order valence-corrected chi connectivity index (χ4v) is 3.23. The van der Waals surface area contributed by atoms with E-state index >= 15 is 0 Å². The maximum absolute atomic E-state index is 5.59. The van der Waals surface area contributed by atoms with E-state index in [0.29, 0.717) is 0 Å². The first-order valence-corrected chi connectivity index (χ1v) is 7.46. The predicted octanol–water partition coefficient (Wildman–Crippen LogP) is 5.02. The van der Waals surface area contributed by atoms with Crippen molar-refractivity contribution in [3.8, 4) is 0 Å². The third kappa shape index (κ3) is 2.23. The van der Waals surface area contributed by atoms with E-state index in [1.165, 1.54) is 36.0 Å². The van der Waals surface area contributed by atoms with Crippen molar-refractivity contribution in [2.24, 2.45) is 0 Å². The van der Waals surface area contributed by atoms with E-state index in [9.17, 15) is 0 Å². The summed E-state index contributed by atoms with van der Waals surface area (Å²) >= 11 is 7.04. The van der Waals surface area contributed by atoms with Gasteiger partial charge in [-0.1, -0.05) is 34.1 Å². The van der Waals surface area contributed by atoms with Gasteiger partial charge in [-0.15, -0.1) is 0 Å². The van der Waals surface area contributed by atoms with E-state index in [4.69, 9.17) is 4.42 Å². The minimum atomic E-state index is 0.139. The van der Waals surface area contributed by atoms with Gasteiger partial charge in [0.2, 0.25) is 0 Å². The largest absolute Gasteiger partial charge is 0.453 e. The van der Waals surface area contributed by atoms with Gasteiger partial charge >= 0.3 is 0 Å². The summed E-state index contributed by atoms with van der Waals surface area (Å²) in [5.41, 5.74) is 4.28. The maximum atomic E-state index is 5.59. The topological polar surface area (TPSA) is 13.1 Å². The number of fused-ring (bicyclic) bond motifs is 1. The van der Waals surface area contributed by atoms with Crippen molar-refractivity contribution in [2.75, 3.05) is 0 Å². The molecule has 0 bridgehead atoms. The van der Waals surface area contributed by atoms with E-state index in [2.05, 4.69) is 50.1 Å². The van der Waals surface area contributed by atoms with Crippen LogP contribution in [0.4, 0.5) is 0 Å². The molecule has 0 fully saturated rings. The number of halogens is 2. The summed E-state index contributed by atoms with van der Waals surface area (Å²) in [6, 6.07) is 10.7. The number of benzene rings is 1. The summed E-state index contributed by atoms with van der Waals surface area (Å²) in [5, 5.41) is 0. The van der Waals surface area contributed by atoms with Crippen LogP contribution in [0.3, 0.4) is 0 Å². The Balaban J connectivity index is 1.94. The Kier molecular flexibility index (Phi) is 3.14. The zero-order valence-electron chi connectivity index (χ0n) is 9.25. The van der Waals surface area contributed by atoms with Crippen molar-refractivity contribution in [3.63, 3.8) is 0 Å². The Morgan fingerprint density at radius 2 is 1.88 bits per heavy atom. The average Bonchev–Trinajstić information content (AvgIpc) is 2.95. The molecule has 0 amide bonds. The fraction of sp³-hybridized carbons (Fsp3) is 0.286. The summed E-state index contributed by atoms with van der Waals surface area (Å²) < 4.78 is 6.36. The Bertz CT molecular complexity index is 545. The number of alkyl halides is 1. The quantitative estimate of drug-likeness (QED) is 0.689. The summed E-state index contributed by atoms with van der Waals surface area (Å²) in [7, 11) is 0. The van der Waals surface area contributed by atoms with Gasteiger partial charge in [0, 0.05) is 0 Å². The number of hydrogen-bond acceptors (Lipinski definition) is 1.